The van der Waals surface area contributed by atoms with Gasteiger partial charge in [0.2, 0.25) is 0 Å². The van der Waals surface area contributed by atoms with Gasteiger partial charge in [0.25, 0.3) is 5.91 Å². The zero-order valence-electron chi connectivity index (χ0n) is 22.7. The number of hydrogen-bond acceptors (Lipinski definition) is 10. The van der Waals surface area contributed by atoms with E-state index in [0.29, 0.717) is 45.3 Å². The lowest BCUT2D eigenvalue weighted by molar-refractivity contribution is -0.118. The molecule has 0 saturated heterocycles. The van der Waals surface area contributed by atoms with Crippen molar-refractivity contribution in [3.05, 3.63) is 66.2 Å². The third-order valence-electron chi connectivity index (χ3n) is 5.75. The zero-order valence-corrected chi connectivity index (χ0v) is 23.5. The topological polar surface area (TPSA) is 118 Å². The van der Waals surface area contributed by atoms with Gasteiger partial charge in [-0.05, 0) is 36.4 Å². The van der Waals surface area contributed by atoms with Crippen molar-refractivity contribution in [3.63, 3.8) is 0 Å². The molecular weight excluding hydrogens is 534 g/mol. The Morgan fingerprint density at radius 1 is 0.825 bits per heavy atom. The first-order valence-corrected chi connectivity index (χ1v) is 13.0. The number of nitrogens with one attached hydrogen (secondary N) is 1. The Labute approximate surface area is 236 Å². The zero-order chi connectivity index (χ0) is 28.5. The van der Waals surface area contributed by atoms with Crippen molar-refractivity contribution in [2.24, 2.45) is 5.10 Å². The molecule has 3 aromatic carbocycles. The van der Waals surface area contributed by atoms with Gasteiger partial charge in [0.05, 0.1) is 47.5 Å². The highest BCUT2D eigenvalue weighted by Gasteiger charge is 2.19. The molecule has 0 aliphatic heterocycles. The second-order valence-electron chi connectivity index (χ2n) is 8.08. The van der Waals surface area contributed by atoms with Gasteiger partial charge in [0.1, 0.15) is 5.75 Å². The molecule has 40 heavy (non-hydrogen) atoms. The summed E-state index contributed by atoms with van der Waals surface area (Å²) in [5, 5.41) is 13.4. The number of carbonyl (C=O) groups excluding carboxylic acids is 1. The molecule has 11 nitrogen and oxygen atoms in total. The van der Waals surface area contributed by atoms with E-state index >= 15 is 0 Å². The molecule has 1 heterocycles. The first-order chi connectivity index (χ1) is 19.5. The van der Waals surface area contributed by atoms with Crippen LogP contribution in [0.2, 0.25) is 0 Å². The number of amides is 1. The van der Waals surface area contributed by atoms with Gasteiger partial charge in [-0.1, -0.05) is 30.0 Å². The van der Waals surface area contributed by atoms with Gasteiger partial charge in [0.15, 0.2) is 34.0 Å². The van der Waals surface area contributed by atoms with Gasteiger partial charge in [-0.3, -0.25) is 9.36 Å². The molecule has 1 amide bonds. The fraction of sp³-hybridized carbons (Fsp3) is 0.214. The summed E-state index contributed by atoms with van der Waals surface area (Å²) in [4.78, 5) is 12.7. The minimum Gasteiger partial charge on any atom is -0.496 e. The summed E-state index contributed by atoms with van der Waals surface area (Å²) in [6, 6.07) is 18.6. The van der Waals surface area contributed by atoms with Crippen molar-refractivity contribution >= 4 is 23.9 Å². The number of hydrazone groups is 1. The van der Waals surface area contributed by atoms with Crippen LogP contribution in [-0.4, -0.2) is 68.2 Å². The Kier molecular flexibility index (Phi) is 9.47. The van der Waals surface area contributed by atoms with Crippen molar-refractivity contribution in [1.82, 2.24) is 20.2 Å². The first kappa shape index (κ1) is 28.3. The monoisotopic (exact) mass is 563 g/mol. The minimum atomic E-state index is -0.323. The lowest BCUT2D eigenvalue weighted by Crippen LogP contribution is -2.20. The molecule has 0 bridgehead atoms. The highest BCUT2D eigenvalue weighted by molar-refractivity contribution is 7.99. The number of methoxy groups -OCH3 is 5. The summed E-state index contributed by atoms with van der Waals surface area (Å²) in [5.41, 5.74) is 4.77. The molecule has 0 aliphatic rings. The second kappa shape index (κ2) is 13.4. The number of hydrogen-bond donors (Lipinski definition) is 1. The molecule has 1 N–H and O–H groups in total. The highest BCUT2D eigenvalue weighted by Crippen LogP contribution is 2.35. The normalized spacial score (nSPS) is 10.8. The molecule has 4 aromatic rings. The molecule has 0 aliphatic carbocycles. The predicted octanol–water partition coefficient (Wildman–Crippen LogP) is 4.22. The predicted molar refractivity (Wildman–Crippen MR) is 152 cm³/mol. The standard InChI is InChI=1S/C28H29N5O6S/c1-35-21-12-11-18(13-23(21)37-3)27-31-32-28(33(27)20-9-7-6-8-10-20)40-17-26(34)30-29-16-19-14-24(38-4)25(39-5)15-22(19)36-2/h6-16H,17H2,1-5H3,(H,30,34)/b29-16+. The third-order valence-corrected chi connectivity index (χ3v) is 6.68. The lowest BCUT2D eigenvalue weighted by atomic mass is 10.2. The fourth-order valence-corrected chi connectivity index (χ4v) is 4.57. The van der Waals surface area contributed by atoms with Crippen LogP contribution in [0.3, 0.4) is 0 Å². The van der Waals surface area contributed by atoms with E-state index in [1.807, 2.05) is 53.1 Å². The van der Waals surface area contributed by atoms with E-state index in [4.69, 9.17) is 23.7 Å². The van der Waals surface area contributed by atoms with E-state index < -0.39 is 0 Å². The maximum Gasteiger partial charge on any atom is 0.250 e. The molecule has 0 atom stereocenters. The van der Waals surface area contributed by atoms with E-state index in [0.717, 1.165) is 11.3 Å². The van der Waals surface area contributed by atoms with E-state index in [1.54, 1.807) is 33.5 Å². The maximum absolute atomic E-state index is 12.7. The van der Waals surface area contributed by atoms with Crippen molar-refractivity contribution in [1.29, 1.82) is 0 Å². The van der Waals surface area contributed by atoms with Crippen molar-refractivity contribution < 1.29 is 28.5 Å². The summed E-state index contributed by atoms with van der Waals surface area (Å²) < 4.78 is 28.7. The molecule has 0 fully saturated rings. The van der Waals surface area contributed by atoms with E-state index in [1.165, 1.54) is 32.2 Å². The van der Waals surface area contributed by atoms with Crippen LogP contribution in [0.25, 0.3) is 17.1 Å². The Balaban J connectivity index is 1.52. The second-order valence-corrected chi connectivity index (χ2v) is 9.02. The number of ether oxygens (including phenoxy) is 5. The molecule has 0 spiro atoms. The highest BCUT2D eigenvalue weighted by atomic mass is 32.2. The molecule has 12 heteroatoms. The van der Waals surface area contributed by atoms with Crippen molar-refractivity contribution in [2.45, 2.75) is 5.16 Å². The van der Waals surface area contributed by atoms with Gasteiger partial charge in [-0.2, -0.15) is 5.10 Å². The quantitative estimate of drug-likeness (QED) is 0.154. The van der Waals surface area contributed by atoms with Crippen LogP contribution in [-0.2, 0) is 4.79 Å². The van der Waals surface area contributed by atoms with Gasteiger partial charge in [-0.15, -0.1) is 10.2 Å². The molecule has 0 radical (unpaired) electrons. The summed E-state index contributed by atoms with van der Waals surface area (Å²) in [6.45, 7) is 0. The molecule has 0 saturated carbocycles. The number of benzene rings is 3. The van der Waals surface area contributed by atoms with Crippen molar-refractivity contribution in [3.8, 4) is 45.8 Å². The van der Waals surface area contributed by atoms with E-state index in [9.17, 15) is 4.79 Å². The van der Waals surface area contributed by atoms with Crippen LogP contribution in [0.15, 0.2) is 70.9 Å². The Morgan fingerprint density at radius 2 is 1.48 bits per heavy atom. The smallest absolute Gasteiger partial charge is 0.250 e. The number of thioether (sulfide) groups is 1. The number of carbonyl (C=O) groups is 1. The lowest BCUT2D eigenvalue weighted by Gasteiger charge is -2.12. The number of para-hydroxylation sites is 1. The molecule has 4 rings (SSSR count). The van der Waals surface area contributed by atoms with Gasteiger partial charge in [-0.25, -0.2) is 5.43 Å². The number of rotatable bonds is 12. The fourth-order valence-electron chi connectivity index (χ4n) is 3.83. The summed E-state index contributed by atoms with van der Waals surface area (Å²) in [7, 11) is 7.77. The summed E-state index contributed by atoms with van der Waals surface area (Å²) in [5.74, 6) is 3.05. The number of aromatic nitrogens is 3. The third kappa shape index (κ3) is 6.29. The Hall–Kier alpha value is -4.71. The van der Waals surface area contributed by atoms with Crippen molar-refractivity contribution in [2.75, 3.05) is 41.3 Å². The molecule has 0 unspecified atom stereocenters. The van der Waals surface area contributed by atoms with Crippen LogP contribution in [0.4, 0.5) is 0 Å². The summed E-state index contributed by atoms with van der Waals surface area (Å²) >= 11 is 1.23. The molecule has 208 valence electrons. The largest absolute Gasteiger partial charge is 0.496 e. The first-order valence-electron chi connectivity index (χ1n) is 12.0. The maximum atomic E-state index is 12.7. The molecule has 1 aromatic heterocycles. The van der Waals surface area contributed by atoms with E-state index in [-0.39, 0.29) is 11.7 Å². The minimum absolute atomic E-state index is 0.0529. The van der Waals surface area contributed by atoms with Crippen LogP contribution < -0.4 is 29.1 Å². The van der Waals surface area contributed by atoms with Gasteiger partial charge >= 0.3 is 0 Å². The van der Waals surface area contributed by atoms with Crippen LogP contribution in [0.5, 0.6) is 28.7 Å². The SMILES string of the molecule is COc1cc(OC)c(OC)cc1/C=N/NC(=O)CSc1nnc(-c2ccc(OC)c(OC)c2)n1-c1ccccc1. The van der Waals surface area contributed by atoms with Crippen LogP contribution in [0.1, 0.15) is 5.56 Å². The average molecular weight is 564 g/mol. The summed E-state index contributed by atoms with van der Waals surface area (Å²) in [6.07, 6.45) is 1.48. The molecular formula is C28H29N5O6S. The van der Waals surface area contributed by atoms with Crippen LogP contribution in [0, 0.1) is 0 Å². The number of nitrogens with zero attached hydrogens (tertiary/aromatic N) is 4. The Bertz CT molecular complexity index is 1490. The van der Waals surface area contributed by atoms with Gasteiger partial charge in [0, 0.05) is 22.9 Å². The average Bonchev–Trinajstić information content (AvgIpc) is 3.43. The van der Waals surface area contributed by atoms with E-state index in [2.05, 4.69) is 20.7 Å². The Morgan fingerprint density at radius 3 is 2.15 bits per heavy atom. The van der Waals surface area contributed by atoms with Crippen LogP contribution >= 0.6 is 11.8 Å². The van der Waals surface area contributed by atoms with Gasteiger partial charge < -0.3 is 23.7 Å².